The van der Waals surface area contributed by atoms with Crippen LogP contribution in [0.3, 0.4) is 0 Å². The van der Waals surface area contributed by atoms with Gasteiger partial charge in [-0.25, -0.2) is 13.9 Å². The molecule has 0 aromatic rings. The molecule has 32 nitrogen and oxygen atoms in total. The van der Waals surface area contributed by atoms with Crippen molar-refractivity contribution in [3.05, 3.63) is 0 Å². The van der Waals surface area contributed by atoms with Crippen LogP contribution in [-0.4, -0.2) is 231 Å². The van der Waals surface area contributed by atoms with Gasteiger partial charge in [-0.05, 0) is 25.7 Å². The number of nitrogens with one attached hydrogen (secondary N) is 2. The van der Waals surface area contributed by atoms with Gasteiger partial charge in [-0.1, -0.05) is 259 Å². The van der Waals surface area contributed by atoms with Crippen LogP contribution in [0, 0.1) is 0 Å². The van der Waals surface area contributed by atoms with Crippen LogP contribution in [0.5, 0.6) is 0 Å². The van der Waals surface area contributed by atoms with Crippen molar-refractivity contribution in [3.8, 4) is 0 Å². The molecule has 0 aliphatic carbocycles. The number of carbonyl (C=O) groups is 5. The first-order valence-electron chi connectivity index (χ1n) is 41.5. The number of aliphatic hydroxyl groups is 8. The molecular weight excluding hydrogens is 1480 g/mol. The lowest BCUT2D eigenvalue weighted by Crippen LogP contribution is -2.68. The average molecular weight is 1620 g/mol. The molecule has 110 heavy (non-hydrogen) atoms. The smallest absolute Gasteiger partial charge is 0.472 e. The zero-order valence-corrected chi connectivity index (χ0v) is 67.9. The molecule has 0 aromatic heterocycles. The second-order valence-corrected chi connectivity index (χ2v) is 33.0. The van der Waals surface area contributed by atoms with Gasteiger partial charge in [-0.2, -0.15) is 0 Å². The Hall–Kier alpha value is -2.99. The van der Waals surface area contributed by atoms with E-state index < -0.39 is 213 Å². The summed E-state index contributed by atoms with van der Waals surface area (Å²) < 4.78 is 78.7. The Morgan fingerprint density at radius 1 is 0.455 bits per heavy atom. The van der Waals surface area contributed by atoms with Gasteiger partial charge in [0.05, 0.1) is 75.5 Å². The van der Waals surface area contributed by atoms with Crippen LogP contribution < -0.4 is 16.4 Å². The second-order valence-electron chi connectivity index (χ2n) is 30.6. The third-order valence-electron chi connectivity index (χ3n) is 20.6. The highest BCUT2D eigenvalue weighted by molar-refractivity contribution is 7.46. The van der Waals surface area contributed by atoms with Crippen molar-refractivity contribution in [2.45, 2.75) is 433 Å². The van der Waals surface area contributed by atoms with E-state index in [1.165, 1.54) is 0 Å². The predicted molar refractivity (Wildman–Crippen MR) is 406 cm³/mol. The maximum absolute atomic E-state index is 14.5. The monoisotopic (exact) mass is 1620 g/mol. The minimum Gasteiger partial charge on any atom is -0.477 e. The van der Waals surface area contributed by atoms with Gasteiger partial charge in [-0.15, -0.1) is 0 Å². The summed E-state index contributed by atoms with van der Waals surface area (Å²) in [6.07, 6.45) is -0.0730. The number of nitrogens with two attached hydrogens (primary N) is 1. The van der Waals surface area contributed by atoms with E-state index in [1.54, 1.807) is 0 Å². The van der Waals surface area contributed by atoms with Crippen LogP contribution in [0.1, 0.15) is 317 Å². The van der Waals surface area contributed by atoms with E-state index in [2.05, 4.69) is 38.3 Å². The number of unbranched alkanes of at least 4 members (excludes halogenated alkanes) is 32. The average Bonchev–Trinajstić information content (AvgIpc) is 0.771. The first-order chi connectivity index (χ1) is 52.4. The van der Waals surface area contributed by atoms with Crippen molar-refractivity contribution in [2.75, 3.05) is 19.8 Å². The maximum atomic E-state index is 14.5. The van der Waals surface area contributed by atoms with Crippen molar-refractivity contribution >= 4 is 45.4 Å². The Morgan fingerprint density at radius 3 is 1.16 bits per heavy atom. The van der Waals surface area contributed by atoms with E-state index >= 15 is 0 Å². The highest BCUT2D eigenvalue weighted by Crippen LogP contribution is 2.45. The molecule has 0 radical (unpaired) electrons. The molecule has 3 rings (SSSR count). The number of esters is 2. The van der Waals surface area contributed by atoms with Crippen molar-refractivity contribution in [1.29, 1.82) is 0 Å². The molecule has 3 fully saturated rings. The molecule has 3 aliphatic rings. The van der Waals surface area contributed by atoms with Crippen LogP contribution in [0.25, 0.3) is 0 Å². The largest absolute Gasteiger partial charge is 0.477 e. The van der Waals surface area contributed by atoms with Crippen molar-refractivity contribution in [3.63, 3.8) is 0 Å². The lowest BCUT2D eigenvalue weighted by Gasteiger charge is -2.48. The number of carbonyl (C=O) groups excluding carboxylic acids is 4. The molecule has 0 saturated carbocycles. The first-order valence-corrected chi connectivity index (χ1v) is 44.5. The number of aliphatic carboxylic acids is 1. The number of phosphoric ester groups is 2. The molecule has 2 amide bonds. The summed E-state index contributed by atoms with van der Waals surface area (Å²) in [6, 6.07) is -4.10. The van der Waals surface area contributed by atoms with Crippen LogP contribution >= 0.6 is 15.6 Å². The highest BCUT2D eigenvalue weighted by Gasteiger charge is 2.58. The fraction of sp³-hybridized carbons (Fsp3) is 0.934. The summed E-state index contributed by atoms with van der Waals surface area (Å²) in [5, 5.41) is 106. The van der Waals surface area contributed by atoms with Gasteiger partial charge in [0.2, 0.25) is 11.8 Å². The molecule has 3 aliphatic heterocycles. The Bertz CT molecular complexity index is 2580. The van der Waals surface area contributed by atoms with Crippen LogP contribution in [0.4, 0.5) is 0 Å². The number of ether oxygens (including phenoxy) is 7. The van der Waals surface area contributed by atoms with Gasteiger partial charge in [0.15, 0.2) is 24.8 Å². The molecule has 19 atom stereocenters. The van der Waals surface area contributed by atoms with E-state index in [9.17, 15) is 98.6 Å². The number of amides is 2. The molecule has 34 heteroatoms. The lowest BCUT2D eigenvalue weighted by atomic mass is 9.92. The number of rotatable bonds is 65. The summed E-state index contributed by atoms with van der Waals surface area (Å²) in [6.45, 7) is 5.43. The standard InChI is InChI=1S/C76H143N3O29P2/c1-5-9-13-17-21-25-29-33-37-41-53(80)45-61(86)78-65-71(104-63(88)47-55(82)43-39-35-31-27-23-19-15-11-7-3)68(91)59(102-74(65)108-110(97,98)99)51-100-73-66(79-62(87)46-54(81)42-38-34-30-26-22-18-14-10-6-2)72(105-64(89)48-56(83)44-40-36-32-28-24-20-16-12-8-4)70(107-109(94,95)96)60(103-73)52-101-76(75(92)93)49-57(84)67(90)69(106-76)58(85)50-77/h53-60,65-74,80-85,90-91H,5-52,77H2,1-4H3,(H,78,86)(H,79,87)(H,92,93)(H2,94,95,96)(H2,97,98,99)/t53-,54-,55-,56-,57-,58-,59-,60-,65-,66-,67-,68-,69-,70-,71-,72-,73-,74-,76-/m1/s1. The summed E-state index contributed by atoms with van der Waals surface area (Å²) in [5.74, 6) is -9.52. The predicted octanol–water partition coefficient (Wildman–Crippen LogP) is 8.51. The number of carboxylic acids is 1. The quantitative estimate of drug-likeness (QED) is 0.0154. The molecule has 17 N–H and O–H groups in total. The van der Waals surface area contributed by atoms with Gasteiger partial charge in [-0.3, -0.25) is 28.2 Å². The van der Waals surface area contributed by atoms with Crippen LogP contribution in [0.2, 0.25) is 0 Å². The Morgan fingerprint density at radius 2 is 0.800 bits per heavy atom. The Balaban J connectivity index is 2.21. The number of aliphatic hydroxyl groups excluding tert-OH is 8. The summed E-state index contributed by atoms with van der Waals surface area (Å²) in [7, 11) is -11.6. The van der Waals surface area contributed by atoms with Gasteiger partial charge in [0.25, 0.3) is 5.79 Å². The summed E-state index contributed by atoms with van der Waals surface area (Å²) >= 11 is 0. The highest BCUT2D eigenvalue weighted by atomic mass is 31.2. The van der Waals surface area contributed by atoms with E-state index in [4.69, 9.17) is 47.9 Å². The molecule has 0 bridgehead atoms. The van der Waals surface area contributed by atoms with Gasteiger partial charge >= 0.3 is 33.6 Å². The van der Waals surface area contributed by atoms with Gasteiger partial charge < -0.3 is 115 Å². The van der Waals surface area contributed by atoms with Gasteiger partial charge in [0, 0.05) is 13.0 Å². The SMILES string of the molecule is CCCCCCCCCCC[C@@H](O)CC(=O)N[C@H]1[C@H](OC[C@H]2O[C@H](OP(=O)(O)O)[C@H](NC(=O)C[C@H](O)CCCCCCCCCCC)[C@@H](OC(=O)C[C@H](O)CCCCCCCCCCC)[C@@H]2O)O[C@H](CO[C@]2(C(=O)O)C[C@@H](O)[C@@H](O)[C@@H]([C@H](O)CN)O2)[C@@H](OP(=O)(O)O)[C@@H]1OC(=O)C[C@H](O)CCCCCCCCCCC. The minimum absolute atomic E-state index is 0.0799. The summed E-state index contributed by atoms with van der Waals surface area (Å²) in [4.78, 5) is 112. The molecule has 3 saturated heterocycles. The fourth-order valence-electron chi connectivity index (χ4n) is 14.3. The normalized spacial score (nSPS) is 26.0. The lowest BCUT2D eigenvalue weighted by molar-refractivity contribution is -0.339. The number of carboxylic acid groups (broad SMARTS) is 1. The van der Waals surface area contributed by atoms with Crippen LogP contribution in [-0.2, 0) is 75.3 Å². The van der Waals surface area contributed by atoms with Gasteiger partial charge in [0.1, 0.15) is 48.7 Å². The zero-order valence-electron chi connectivity index (χ0n) is 66.2. The molecular formula is C76H143N3O29P2. The van der Waals surface area contributed by atoms with Crippen molar-refractivity contribution in [1.82, 2.24) is 10.6 Å². The van der Waals surface area contributed by atoms with E-state index in [0.717, 1.165) is 193 Å². The Kier molecular flexibility index (Phi) is 52.6. The van der Waals surface area contributed by atoms with Crippen molar-refractivity contribution in [2.24, 2.45) is 5.73 Å². The molecule has 646 valence electrons. The number of phosphoric acid groups is 2. The first kappa shape index (κ1) is 101. The zero-order chi connectivity index (χ0) is 81.5. The van der Waals surface area contributed by atoms with E-state index in [-0.39, 0.29) is 25.7 Å². The fourth-order valence-corrected chi connectivity index (χ4v) is 15.3. The third kappa shape index (κ3) is 42.2. The molecule has 3 heterocycles. The van der Waals surface area contributed by atoms with Crippen LogP contribution in [0.15, 0.2) is 0 Å². The maximum Gasteiger partial charge on any atom is 0.472 e. The molecule has 0 unspecified atom stereocenters. The number of hydrogen-bond acceptors (Lipinski definition) is 25. The third-order valence-corrected chi connectivity index (χ3v) is 21.6. The number of hydrogen-bond donors (Lipinski definition) is 16. The molecule has 0 spiro atoms. The van der Waals surface area contributed by atoms with E-state index in [1.807, 2.05) is 0 Å². The Labute approximate surface area is 652 Å². The summed E-state index contributed by atoms with van der Waals surface area (Å²) in [5.41, 5.74) is 5.66. The molecule has 0 aromatic carbocycles. The minimum atomic E-state index is -5.90. The topological polar surface area (TPSA) is 516 Å². The van der Waals surface area contributed by atoms with Crippen molar-refractivity contribution < 1.29 is 141 Å². The second kappa shape index (κ2) is 57.2. The van der Waals surface area contributed by atoms with E-state index in [0.29, 0.717) is 38.5 Å².